The third-order valence-corrected chi connectivity index (χ3v) is 3.09. The average molecular weight is 232 g/mol. The summed E-state index contributed by atoms with van der Waals surface area (Å²) in [6.07, 6.45) is 3.00. The van der Waals surface area contributed by atoms with Gasteiger partial charge in [0.2, 0.25) is 0 Å². The Bertz CT molecular complexity index is 390. The molecule has 92 valence electrons. The number of rotatable bonds is 6. The topological polar surface area (TPSA) is 35.5 Å². The zero-order valence-corrected chi connectivity index (χ0v) is 10.2. The fraction of sp³-hybridized carbons (Fsp3) is 0.429. The van der Waals surface area contributed by atoms with Crippen molar-refractivity contribution in [2.24, 2.45) is 0 Å². The molecule has 0 amide bonds. The smallest absolute Gasteiger partial charge is 0.0558 e. The first-order chi connectivity index (χ1) is 8.33. The van der Waals surface area contributed by atoms with Crippen molar-refractivity contribution >= 4 is 5.69 Å². The lowest BCUT2D eigenvalue weighted by atomic mass is 10.1. The van der Waals surface area contributed by atoms with E-state index in [1.165, 1.54) is 16.8 Å². The molecule has 1 aliphatic heterocycles. The number of aliphatic hydroxyl groups excluding tert-OH is 1. The molecule has 1 aromatic rings. The van der Waals surface area contributed by atoms with E-state index in [4.69, 9.17) is 5.11 Å². The van der Waals surface area contributed by atoms with E-state index in [2.05, 4.69) is 35.0 Å². The normalized spacial score (nSPS) is 13.5. The second-order valence-corrected chi connectivity index (χ2v) is 4.42. The van der Waals surface area contributed by atoms with E-state index in [-0.39, 0.29) is 6.61 Å². The summed E-state index contributed by atoms with van der Waals surface area (Å²) in [7, 11) is 0. The molecule has 1 aliphatic rings. The monoisotopic (exact) mass is 232 g/mol. The number of hydrogen-bond acceptors (Lipinski definition) is 3. The summed E-state index contributed by atoms with van der Waals surface area (Å²) in [4.78, 5) is 2.18. The van der Waals surface area contributed by atoms with Crippen molar-refractivity contribution in [3.63, 3.8) is 0 Å². The van der Waals surface area contributed by atoms with Crippen LogP contribution in [0.25, 0.3) is 0 Å². The first-order valence-corrected chi connectivity index (χ1v) is 6.13. The molecule has 1 heterocycles. The molecule has 0 bridgehead atoms. The summed E-state index contributed by atoms with van der Waals surface area (Å²) in [6, 6.07) is 6.60. The van der Waals surface area contributed by atoms with Gasteiger partial charge in [-0.15, -0.1) is 6.58 Å². The van der Waals surface area contributed by atoms with Gasteiger partial charge in [-0.25, -0.2) is 0 Å². The lowest BCUT2D eigenvalue weighted by Gasteiger charge is -2.19. The molecule has 3 heteroatoms. The predicted molar refractivity (Wildman–Crippen MR) is 71.2 cm³/mol. The minimum atomic E-state index is 0.191. The Balaban J connectivity index is 2.03. The zero-order valence-electron chi connectivity index (χ0n) is 10.2. The molecule has 0 saturated heterocycles. The van der Waals surface area contributed by atoms with Crippen molar-refractivity contribution in [1.82, 2.24) is 4.90 Å². The van der Waals surface area contributed by atoms with Crippen LogP contribution < -0.4 is 5.32 Å². The van der Waals surface area contributed by atoms with Crippen LogP contribution in [-0.2, 0) is 13.0 Å². The van der Waals surface area contributed by atoms with Gasteiger partial charge in [0, 0.05) is 31.9 Å². The highest BCUT2D eigenvalue weighted by Crippen LogP contribution is 2.23. The minimum Gasteiger partial charge on any atom is -0.395 e. The average Bonchev–Trinajstić information content (AvgIpc) is 2.77. The molecule has 2 rings (SSSR count). The van der Waals surface area contributed by atoms with Crippen molar-refractivity contribution in [2.75, 3.05) is 31.6 Å². The van der Waals surface area contributed by atoms with Crippen LogP contribution in [0.2, 0.25) is 0 Å². The Labute approximate surface area is 103 Å². The molecule has 3 nitrogen and oxygen atoms in total. The number of aliphatic hydroxyl groups is 1. The second-order valence-electron chi connectivity index (χ2n) is 4.42. The Morgan fingerprint density at radius 1 is 1.47 bits per heavy atom. The van der Waals surface area contributed by atoms with Crippen molar-refractivity contribution < 1.29 is 5.11 Å². The number of nitrogens with zero attached hydrogens (tertiary/aromatic N) is 1. The fourth-order valence-corrected chi connectivity index (χ4v) is 2.25. The number of hydrogen-bond donors (Lipinski definition) is 2. The highest BCUT2D eigenvalue weighted by molar-refractivity contribution is 5.56. The number of benzene rings is 1. The van der Waals surface area contributed by atoms with Crippen molar-refractivity contribution in [3.8, 4) is 0 Å². The second kappa shape index (κ2) is 5.84. The van der Waals surface area contributed by atoms with E-state index in [1.54, 1.807) is 0 Å². The van der Waals surface area contributed by atoms with Gasteiger partial charge in [-0.1, -0.05) is 18.2 Å². The predicted octanol–water partition coefficient (Wildman–Crippen LogP) is 1.63. The van der Waals surface area contributed by atoms with E-state index < -0.39 is 0 Å². The molecule has 17 heavy (non-hydrogen) atoms. The minimum absolute atomic E-state index is 0.191. The van der Waals surface area contributed by atoms with Gasteiger partial charge in [-0.3, -0.25) is 4.90 Å². The molecule has 1 aromatic carbocycles. The van der Waals surface area contributed by atoms with E-state index >= 15 is 0 Å². The summed E-state index contributed by atoms with van der Waals surface area (Å²) in [5.74, 6) is 0. The van der Waals surface area contributed by atoms with E-state index in [1.807, 2.05) is 6.08 Å². The molecule has 0 atom stereocenters. The molecule has 0 spiro atoms. The van der Waals surface area contributed by atoms with Crippen molar-refractivity contribution in [1.29, 1.82) is 0 Å². The Morgan fingerprint density at radius 2 is 2.35 bits per heavy atom. The molecule has 2 N–H and O–H groups in total. The lowest BCUT2D eigenvalue weighted by molar-refractivity contribution is 0.203. The number of fused-ring (bicyclic) bond motifs is 1. The first kappa shape index (κ1) is 12.1. The summed E-state index contributed by atoms with van der Waals surface area (Å²) >= 11 is 0. The SMILES string of the molecule is C=CCN(CCO)Cc1ccc2c(c1)NCC2. The van der Waals surface area contributed by atoms with Crippen LogP contribution in [0.1, 0.15) is 11.1 Å². The van der Waals surface area contributed by atoms with Gasteiger partial charge in [-0.2, -0.15) is 0 Å². The highest BCUT2D eigenvalue weighted by atomic mass is 16.3. The largest absolute Gasteiger partial charge is 0.395 e. The quantitative estimate of drug-likeness (QED) is 0.732. The maximum absolute atomic E-state index is 9.01. The van der Waals surface area contributed by atoms with E-state index in [0.717, 1.165) is 26.1 Å². The van der Waals surface area contributed by atoms with E-state index in [0.29, 0.717) is 6.54 Å². The highest BCUT2D eigenvalue weighted by Gasteiger charge is 2.11. The molecule has 0 unspecified atom stereocenters. The number of nitrogens with one attached hydrogen (secondary N) is 1. The van der Waals surface area contributed by atoms with E-state index in [9.17, 15) is 0 Å². The van der Waals surface area contributed by atoms with Crippen LogP contribution in [0, 0.1) is 0 Å². The first-order valence-electron chi connectivity index (χ1n) is 6.13. The molecule has 0 radical (unpaired) electrons. The number of anilines is 1. The molecular formula is C14H20N2O. The molecule has 0 fully saturated rings. The Hall–Kier alpha value is -1.32. The van der Waals surface area contributed by atoms with Gasteiger partial charge < -0.3 is 10.4 Å². The maximum atomic E-state index is 9.01. The van der Waals surface area contributed by atoms with Gasteiger partial charge in [0.1, 0.15) is 0 Å². The van der Waals surface area contributed by atoms with Crippen LogP contribution in [0.3, 0.4) is 0 Å². The lowest BCUT2D eigenvalue weighted by Crippen LogP contribution is -2.26. The van der Waals surface area contributed by atoms with Crippen LogP contribution in [0.15, 0.2) is 30.9 Å². The summed E-state index contributed by atoms with van der Waals surface area (Å²) in [5.41, 5.74) is 3.96. The van der Waals surface area contributed by atoms with Gasteiger partial charge in [0.15, 0.2) is 0 Å². The zero-order chi connectivity index (χ0) is 12.1. The molecule has 0 aromatic heterocycles. The summed E-state index contributed by atoms with van der Waals surface area (Å²) in [6.45, 7) is 7.35. The van der Waals surface area contributed by atoms with Crippen molar-refractivity contribution in [2.45, 2.75) is 13.0 Å². The molecule has 0 saturated carbocycles. The maximum Gasteiger partial charge on any atom is 0.0558 e. The fourth-order valence-electron chi connectivity index (χ4n) is 2.25. The van der Waals surface area contributed by atoms with Crippen LogP contribution >= 0.6 is 0 Å². The molecule has 0 aliphatic carbocycles. The summed E-state index contributed by atoms with van der Waals surface area (Å²) < 4.78 is 0. The van der Waals surface area contributed by atoms with Gasteiger partial charge in [0.25, 0.3) is 0 Å². The summed E-state index contributed by atoms with van der Waals surface area (Å²) in [5, 5.41) is 12.4. The van der Waals surface area contributed by atoms with Gasteiger partial charge in [0.05, 0.1) is 6.61 Å². The van der Waals surface area contributed by atoms with Gasteiger partial charge in [-0.05, 0) is 23.6 Å². The Kier molecular flexibility index (Phi) is 4.18. The standard InChI is InChI=1S/C14H20N2O/c1-2-7-16(8-9-17)11-12-3-4-13-5-6-15-14(13)10-12/h2-4,10,15,17H,1,5-9,11H2. The van der Waals surface area contributed by atoms with Crippen LogP contribution in [0.5, 0.6) is 0 Å². The van der Waals surface area contributed by atoms with Crippen molar-refractivity contribution in [3.05, 3.63) is 42.0 Å². The molecular weight excluding hydrogens is 212 g/mol. The van der Waals surface area contributed by atoms with Crippen LogP contribution in [-0.4, -0.2) is 36.2 Å². The third-order valence-electron chi connectivity index (χ3n) is 3.09. The van der Waals surface area contributed by atoms with Gasteiger partial charge >= 0.3 is 0 Å². The Morgan fingerprint density at radius 3 is 3.12 bits per heavy atom. The van der Waals surface area contributed by atoms with Crippen LogP contribution in [0.4, 0.5) is 5.69 Å². The third kappa shape index (κ3) is 3.08.